The molecule has 0 bridgehead atoms. The smallest absolute Gasteiger partial charge is 0.263 e. The van der Waals surface area contributed by atoms with Crippen molar-refractivity contribution in [2.24, 2.45) is 0 Å². The molecule has 0 atom stereocenters. The van der Waals surface area contributed by atoms with Gasteiger partial charge in [0.25, 0.3) is 5.56 Å². The second-order valence-electron chi connectivity index (χ2n) is 5.67. The Balaban J connectivity index is 2.83. The quantitative estimate of drug-likeness (QED) is 0.883. The molecule has 0 radical (unpaired) electrons. The molecule has 0 saturated heterocycles. The molecule has 5 nitrogen and oxygen atoms in total. The van der Waals surface area contributed by atoms with Crippen LogP contribution in [0.4, 0.5) is 0 Å². The number of rotatable bonds is 5. The summed E-state index contributed by atoms with van der Waals surface area (Å²) in [7, 11) is 0. The first-order chi connectivity index (χ1) is 10.8. The minimum atomic E-state index is -0.260. The highest BCUT2D eigenvalue weighted by Crippen LogP contribution is 2.35. The van der Waals surface area contributed by atoms with Gasteiger partial charge in [-0.2, -0.15) is 0 Å². The number of aromatic hydroxyl groups is 1. The van der Waals surface area contributed by atoms with Crippen LogP contribution >= 0.6 is 23.2 Å². The van der Waals surface area contributed by atoms with Gasteiger partial charge in [-0.15, -0.1) is 0 Å². The lowest BCUT2D eigenvalue weighted by Gasteiger charge is -2.23. The lowest BCUT2D eigenvalue weighted by Crippen LogP contribution is -2.32. The third-order valence-corrected chi connectivity index (χ3v) is 4.49. The molecular formula is C16H21Cl2N3O2. The molecule has 0 aliphatic heterocycles. The Kier molecular flexibility index (Phi) is 5.55. The van der Waals surface area contributed by atoms with Crippen LogP contribution in [0.15, 0.2) is 10.9 Å². The van der Waals surface area contributed by atoms with Gasteiger partial charge < -0.3 is 5.11 Å². The number of hydrogen-bond acceptors (Lipinski definition) is 4. The van der Waals surface area contributed by atoms with Gasteiger partial charge >= 0.3 is 0 Å². The molecule has 0 saturated carbocycles. The third-order valence-electron chi connectivity index (χ3n) is 3.91. The minimum absolute atomic E-state index is 0.0705. The zero-order valence-electron chi connectivity index (χ0n) is 13.7. The number of nitrogens with zero attached hydrogens (tertiary/aromatic N) is 3. The van der Waals surface area contributed by atoms with Crippen molar-refractivity contribution in [3.8, 4) is 5.75 Å². The summed E-state index contributed by atoms with van der Waals surface area (Å²) in [5.74, 6) is 0.384. The molecular weight excluding hydrogens is 337 g/mol. The van der Waals surface area contributed by atoms with Crippen molar-refractivity contribution in [2.75, 3.05) is 13.1 Å². The van der Waals surface area contributed by atoms with Gasteiger partial charge in [-0.1, -0.05) is 37.0 Å². The SMILES string of the molecule is CCN(CC)Cc1nc2c(O)c(Cl)cc(Cl)c2c(=O)n1C(C)C. The van der Waals surface area contributed by atoms with Gasteiger partial charge in [-0.3, -0.25) is 14.3 Å². The van der Waals surface area contributed by atoms with E-state index in [1.165, 1.54) is 6.07 Å². The zero-order chi connectivity index (χ0) is 17.3. The Morgan fingerprint density at radius 2 is 1.87 bits per heavy atom. The Bertz CT molecular complexity index is 783. The summed E-state index contributed by atoms with van der Waals surface area (Å²) in [6.07, 6.45) is 0. The van der Waals surface area contributed by atoms with Crippen molar-refractivity contribution in [1.82, 2.24) is 14.5 Å². The number of phenolic OH excluding ortho intramolecular Hbond substituents is 1. The van der Waals surface area contributed by atoms with Crippen LogP contribution < -0.4 is 5.56 Å². The lowest BCUT2D eigenvalue weighted by atomic mass is 10.2. The van der Waals surface area contributed by atoms with Crippen LogP contribution in [0.1, 0.15) is 39.6 Å². The molecule has 1 heterocycles. The van der Waals surface area contributed by atoms with E-state index in [1.54, 1.807) is 4.57 Å². The number of hydrogen-bond donors (Lipinski definition) is 1. The lowest BCUT2D eigenvalue weighted by molar-refractivity contribution is 0.279. The first kappa shape index (κ1) is 18.0. The third kappa shape index (κ3) is 3.32. The van der Waals surface area contributed by atoms with E-state index in [1.807, 2.05) is 27.7 Å². The van der Waals surface area contributed by atoms with Crippen LogP contribution in [0.5, 0.6) is 5.75 Å². The molecule has 7 heteroatoms. The van der Waals surface area contributed by atoms with E-state index in [-0.39, 0.29) is 38.3 Å². The zero-order valence-corrected chi connectivity index (χ0v) is 15.2. The molecule has 1 aromatic carbocycles. The van der Waals surface area contributed by atoms with Crippen molar-refractivity contribution in [3.05, 3.63) is 32.3 Å². The second kappa shape index (κ2) is 7.07. The van der Waals surface area contributed by atoms with Gasteiger partial charge in [0.05, 0.1) is 22.0 Å². The van der Waals surface area contributed by atoms with Crippen molar-refractivity contribution < 1.29 is 5.11 Å². The molecule has 1 N–H and O–H groups in total. The van der Waals surface area contributed by atoms with Crippen LogP contribution in [-0.2, 0) is 6.54 Å². The Morgan fingerprint density at radius 1 is 1.26 bits per heavy atom. The number of halogens is 2. The summed E-state index contributed by atoms with van der Waals surface area (Å²) in [5, 5.41) is 10.7. The van der Waals surface area contributed by atoms with Gasteiger partial charge in [0.2, 0.25) is 0 Å². The molecule has 0 unspecified atom stereocenters. The summed E-state index contributed by atoms with van der Waals surface area (Å²) in [4.78, 5) is 19.6. The molecule has 0 aliphatic rings. The Hall–Kier alpha value is -1.30. The number of benzene rings is 1. The van der Waals surface area contributed by atoms with E-state index < -0.39 is 0 Å². The average molecular weight is 358 g/mol. The normalized spacial score (nSPS) is 11.8. The fourth-order valence-corrected chi connectivity index (χ4v) is 3.15. The standard InChI is InChI=1S/C16H21Cl2N3O2/c1-5-20(6-2)8-12-19-14-13(16(23)21(12)9(3)4)10(17)7-11(18)15(14)22/h7,9,22H,5-6,8H2,1-4H3. The van der Waals surface area contributed by atoms with E-state index in [0.717, 1.165) is 13.1 Å². The minimum Gasteiger partial charge on any atom is -0.504 e. The topological polar surface area (TPSA) is 58.4 Å². The Labute approximate surface area is 145 Å². The summed E-state index contributed by atoms with van der Waals surface area (Å²) < 4.78 is 1.62. The van der Waals surface area contributed by atoms with Crippen molar-refractivity contribution in [3.63, 3.8) is 0 Å². The van der Waals surface area contributed by atoms with Crippen LogP contribution in [0.2, 0.25) is 10.0 Å². The molecule has 126 valence electrons. The average Bonchev–Trinajstić information content (AvgIpc) is 2.49. The van der Waals surface area contributed by atoms with Crippen molar-refractivity contribution in [1.29, 1.82) is 0 Å². The maximum absolute atomic E-state index is 12.9. The fraction of sp³-hybridized carbons (Fsp3) is 0.500. The first-order valence-corrected chi connectivity index (χ1v) is 8.41. The highest BCUT2D eigenvalue weighted by molar-refractivity contribution is 6.39. The molecule has 23 heavy (non-hydrogen) atoms. The molecule has 0 aliphatic carbocycles. The molecule has 1 aromatic heterocycles. The van der Waals surface area contributed by atoms with E-state index in [4.69, 9.17) is 23.2 Å². The highest BCUT2D eigenvalue weighted by atomic mass is 35.5. The van der Waals surface area contributed by atoms with Crippen molar-refractivity contribution >= 4 is 34.1 Å². The van der Waals surface area contributed by atoms with Crippen LogP contribution in [0.25, 0.3) is 10.9 Å². The highest BCUT2D eigenvalue weighted by Gasteiger charge is 2.20. The monoisotopic (exact) mass is 357 g/mol. The van der Waals surface area contributed by atoms with E-state index in [9.17, 15) is 9.90 Å². The summed E-state index contributed by atoms with van der Waals surface area (Å²) in [6.45, 7) is 10.1. The summed E-state index contributed by atoms with van der Waals surface area (Å²) >= 11 is 12.1. The van der Waals surface area contributed by atoms with Gasteiger partial charge in [-0.25, -0.2) is 4.98 Å². The fourth-order valence-electron chi connectivity index (χ4n) is 2.62. The summed E-state index contributed by atoms with van der Waals surface area (Å²) in [5.41, 5.74) is -0.101. The first-order valence-electron chi connectivity index (χ1n) is 7.66. The number of fused-ring (bicyclic) bond motifs is 1. The number of phenols is 1. The van der Waals surface area contributed by atoms with E-state index in [0.29, 0.717) is 12.4 Å². The largest absolute Gasteiger partial charge is 0.504 e. The van der Waals surface area contributed by atoms with Crippen LogP contribution in [0.3, 0.4) is 0 Å². The second-order valence-corrected chi connectivity index (χ2v) is 6.49. The van der Waals surface area contributed by atoms with Crippen LogP contribution in [-0.4, -0.2) is 32.6 Å². The van der Waals surface area contributed by atoms with Gasteiger partial charge in [0.1, 0.15) is 11.3 Å². The number of aromatic nitrogens is 2. The van der Waals surface area contributed by atoms with Crippen LogP contribution in [0, 0.1) is 0 Å². The predicted molar refractivity (Wildman–Crippen MR) is 94.7 cm³/mol. The van der Waals surface area contributed by atoms with Gasteiger partial charge in [0.15, 0.2) is 5.75 Å². The molecule has 0 spiro atoms. The van der Waals surface area contributed by atoms with Crippen molar-refractivity contribution in [2.45, 2.75) is 40.3 Å². The summed E-state index contributed by atoms with van der Waals surface area (Å²) in [6, 6.07) is 1.30. The molecule has 0 amide bonds. The van der Waals surface area contributed by atoms with Gasteiger partial charge in [0, 0.05) is 6.04 Å². The molecule has 2 rings (SSSR count). The maximum Gasteiger partial charge on any atom is 0.263 e. The molecule has 0 fully saturated rings. The van der Waals surface area contributed by atoms with E-state index in [2.05, 4.69) is 9.88 Å². The molecule has 2 aromatic rings. The predicted octanol–water partition coefficient (Wildman–Crippen LogP) is 3.83. The Morgan fingerprint density at radius 3 is 2.39 bits per heavy atom. The maximum atomic E-state index is 12.9. The van der Waals surface area contributed by atoms with Gasteiger partial charge in [-0.05, 0) is 33.0 Å². The van der Waals surface area contributed by atoms with E-state index >= 15 is 0 Å².